The molecule has 1 aromatic heterocycles. The first-order valence-electron chi connectivity index (χ1n) is 10.5. The third kappa shape index (κ3) is 4.70. The highest BCUT2D eigenvalue weighted by atomic mass is 19.1. The molecule has 0 spiro atoms. The minimum atomic E-state index is -0.426. The van der Waals surface area contributed by atoms with Crippen molar-refractivity contribution in [3.8, 4) is 17.5 Å². The zero-order valence-corrected chi connectivity index (χ0v) is 18.3. The Bertz CT molecular complexity index is 1360. The number of nitriles is 1. The molecule has 0 amide bonds. The van der Waals surface area contributed by atoms with Crippen molar-refractivity contribution in [3.63, 3.8) is 0 Å². The first-order valence-corrected chi connectivity index (χ1v) is 10.5. The Kier molecular flexibility index (Phi) is 6.37. The van der Waals surface area contributed by atoms with Gasteiger partial charge in [0.25, 0.3) is 0 Å². The van der Waals surface area contributed by atoms with E-state index in [-0.39, 0.29) is 23.6 Å². The second-order valence-electron chi connectivity index (χ2n) is 7.69. The van der Waals surface area contributed by atoms with Gasteiger partial charge in [0.2, 0.25) is 0 Å². The Balaban J connectivity index is 1.59. The molecule has 0 radical (unpaired) electrons. The van der Waals surface area contributed by atoms with Crippen LogP contribution in [0.1, 0.15) is 28.1 Å². The summed E-state index contributed by atoms with van der Waals surface area (Å²) in [5, 5.41) is 9.60. The summed E-state index contributed by atoms with van der Waals surface area (Å²) < 4.78 is 35.8. The van der Waals surface area contributed by atoms with Crippen molar-refractivity contribution in [2.24, 2.45) is 0 Å². The standard InChI is InChI=1S/C28H22F2N2O/c1-19-15-22(16-23(17-31)26-8-4-6-10-28(26)30)20(2)32(19)24-11-13-25(14-12-24)33-18-21-7-3-5-9-27(21)29/h3-16H,18H2,1-2H3. The van der Waals surface area contributed by atoms with Gasteiger partial charge in [0.15, 0.2) is 0 Å². The second kappa shape index (κ2) is 9.54. The van der Waals surface area contributed by atoms with E-state index in [1.807, 2.05) is 44.2 Å². The van der Waals surface area contributed by atoms with Crippen LogP contribution in [0.2, 0.25) is 0 Å². The molecule has 1 heterocycles. The Hall–Kier alpha value is -4.17. The first kappa shape index (κ1) is 22.0. The Morgan fingerprint density at radius 2 is 1.61 bits per heavy atom. The maximum absolute atomic E-state index is 14.2. The van der Waals surface area contributed by atoms with E-state index in [2.05, 4.69) is 10.6 Å². The predicted octanol–water partition coefficient (Wildman–Crippen LogP) is 7.02. The maximum Gasteiger partial charge on any atom is 0.131 e. The molecule has 4 rings (SSSR count). The van der Waals surface area contributed by atoms with Crippen LogP contribution < -0.4 is 4.74 Å². The zero-order chi connectivity index (χ0) is 23.4. The monoisotopic (exact) mass is 440 g/mol. The molecule has 33 heavy (non-hydrogen) atoms. The minimum absolute atomic E-state index is 0.148. The van der Waals surface area contributed by atoms with Gasteiger partial charge in [-0.1, -0.05) is 36.4 Å². The van der Waals surface area contributed by atoms with E-state index in [1.165, 1.54) is 12.1 Å². The van der Waals surface area contributed by atoms with Crippen molar-refractivity contribution in [2.75, 3.05) is 0 Å². The number of aryl methyl sites for hydroxylation is 1. The average Bonchev–Trinajstić information content (AvgIpc) is 3.10. The van der Waals surface area contributed by atoms with Gasteiger partial charge in [-0.05, 0) is 68.0 Å². The van der Waals surface area contributed by atoms with Crippen LogP contribution in [0.4, 0.5) is 8.78 Å². The van der Waals surface area contributed by atoms with Gasteiger partial charge >= 0.3 is 0 Å². The van der Waals surface area contributed by atoms with Crippen LogP contribution in [0.15, 0.2) is 78.9 Å². The lowest BCUT2D eigenvalue weighted by Crippen LogP contribution is -2.01. The highest BCUT2D eigenvalue weighted by molar-refractivity contribution is 5.90. The van der Waals surface area contributed by atoms with Gasteiger partial charge in [-0.25, -0.2) is 8.78 Å². The van der Waals surface area contributed by atoms with Gasteiger partial charge in [0.1, 0.15) is 24.0 Å². The zero-order valence-electron chi connectivity index (χ0n) is 18.3. The molecule has 164 valence electrons. The van der Waals surface area contributed by atoms with Crippen molar-refractivity contribution in [2.45, 2.75) is 20.5 Å². The van der Waals surface area contributed by atoms with E-state index in [1.54, 1.807) is 42.5 Å². The largest absolute Gasteiger partial charge is 0.489 e. The molecule has 0 atom stereocenters. The number of allylic oxidation sites excluding steroid dienone is 1. The molecular weight excluding hydrogens is 418 g/mol. The van der Waals surface area contributed by atoms with Crippen LogP contribution in [0.5, 0.6) is 5.75 Å². The van der Waals surface area contributed by atoms with Gasteiger partial charge in [-0.2, -0.15) is 5.26 Å². The van der Waals surface area contributed by atoms with Gasteiger partial charge in [0.05, 0.1) is 11.6 Å². The first-order chi connectivity index (χ1) is 16.0. The second-order valence-corrected chi connectivity index (χ2v) is 7.69. The van der Waals surface area contributed by atoms with E-state index in [0.29, 0.717) is 11.3 Å². The third-order valence-electron chi connectivity index (χ3n) is 5.50. The fourth-order valence-electron chi connectivity index (χ4n) is 3.80. The number of benzene rings is 3. The Labute approximate surface area is 191 Å². The van der Waals surface area contributed by atoms with Gasteiger partial charge in [0, 0.05) is 28.2 Å². The predicted molar refractivity (Wildman–Crippen MR) is 126 cm³/mol. The summed E-state index contributed by atoms with van der Waals surface area (Å²) >= 11 is 0. The van der Waals surface area contributed by atoms with Crippen molar-refractivity contribution in [3.05, 3.63) is 119 Å². The van der Waals surface area contributed by atoms with Crippen LogP contribution in [-0.4, -0.2) is 4.57 Å². The van der Waals surface area contributed by atoms with E-state index >= 15 is 0 Å². The SMILES string of the molecule is Cc1cc(C=C(C#N)c2ccccc2F)c(C)n1-c1ccc(OCc2ccccc2F)cc1. The van der Waals surface area contributed by atoms with Crippen molar-refractivity contribution in [1.29, 1.82) is 5.26 Å². The summed E-state index contributed by atoms with van der Waals surface area (Å²) in [6.07, 6.45) is 1.71. The smallest absolute Gasteiger partial charge is 0.131 e. The van der Waals surface area contributed by atoms with Gasteiger partial charge < -0.3 is 9.30 Å². The lowest BCUT2D eigenvalue weighted by Gasteiger charge is -2.12. The number of hydrogen-bond donors (Lipinski definition) is 0. The highest BCUT2D eigenvalue weighted by Gasteiger charge is 2.13. The minimum Gasteiger partial charge on any atom is -0.489 e. The molecule has 0 unspecified atom stereocenters. The normalized spacial score (nSPS) is 11.3. The fourth-order valence-corrected chi connectivity index (χ4v) is 3.80. The lowest BCUT2D eigenvalue weighted by molar-refractivity contribution is 0.300. The van der Waals surface area contributed by atoms with Crippen LogP contribution >= 0.6 is 0 Å². The average molecular weight is 440 g/mol. The molecule has 5 heteroatoms. The number of aromatic nitrogens is 1. The summed E-state index contributed by atoms with van der Waals surface area (Å²) in [6.45, 7) is 4.08. The summed E-state index contributed by atoms with van der Waals surface area (Å²) in [4.78, 5) is 0. The van der Waals surface area contributed by atoms with Gasteiger partial charge in [-0.3, -0.25) is 0 Å². The van der Waals surface area contributed by atoms with Crippen LogP contribution in [-0.2, 0) is 6.61 Å². The van der Waals surface area contributed by atoms with Crippen LogP contribution in [0, 0.1) is 36.8 Å². The topological polar surface area (TPSA) is 38.0 Å². The number of rotatable bonds is 6. The number of hydrogen-bond acceptors (Lipinski definition) is 2. The number of halogens is 2. The van der Waals surface area contributed by atoms with E-state index in [0.717, 1.165) is 22.6 Å². The van der Waals surface area contributed by atoms with Crippen LogP contribution in [0.3, 0.4) is 0 Å². The van der Waals surface area contributed by atoms with Crippen molar-refractivity contribution >= 4 is 11.6 Å². The maximum atomic E-state index is 14.2. The molecule has 0 aliphatic heterocycles. The van der Waals surface area contributed by atoms with E-state index < -0.39 is 5.82 Å². The summed E-state index contributed by atoms with van der Waals surface area (Å²) in [6, 6.07) is 24.4. The van der Waals surface area contributed by atoms with E-state index in [4.69, 9.17) is 4.74 Å². The molecule has 0 N–H and O–H groups in total. The molecule has 4 aromatic rings. The van der Waals surface area contributed by atoms with Crippen molar-refractivity contribution in [1.82, 2.24) is 4.57 Å². The fraction of sp³-hybridized carbons (Fsp3) is 0.107. The highest BCUT2D eigenvalue weighted by Crippen LogP contribution is 2.27. The summed E-state index contributed by atoms with van der Waals surface area (Å²) in [7, 11) is 0. The molecule has 0 saturated carbocycles. The molecule has 0 bridgehead atoms. The molecular formula is C28H22F2N2O. The lowest BCUT2D eigenvalue weighted by atomic mass is 10.0. The molecule has 0 aliphatic carbocycles. The Morgan fingerprint density at radius 3 is 2.27 bits per heavy atom. The van der Waals surface area contributed by atoms with Gasteiger partial charge in [-0.15, -0.1) is 0 Å². The molecule has 0 aliphatic rings. The Morgan fingerprint density at radius 1 is 0.939 bits per heavy atom. The quantitative estimate of drug-likeness (QED) is 0.302. The third-order valence-corrected chi connectivity index (χ3v) is 5.50. The molecule has 0 fully saturated rings. The van der Waals surface area contributed by atoms with E-state index in [9.17, 15) is 14.0 Å². The van der Waals surface area contributed by atoms with Crippen molar-refractivity contribution < 1.29 is 13.5 Å². The summed E-state index contributed by atoms with van der Waals surface area (Å²) in [5.41, 5.74) is 4.71. The number of ether oxygens (including phenoxy) is 1. The number of nitrogens with zero attached hydrogens (tertiary/aromatic N) is 2. The van der Waals surface area contributed by atoms with Crippen LogP contribution in [0.25, 0.3) is 17.3 Å². The molecule has 3 aromatic carbocycles. The molecule has 0 saturated heterocycles. The summed E-state index contributed by atoms with van der Waals surface area (Å²) in [5.74, 6) is -0.0820. The molecule has 3 nitrogen and oxygen atoms in total.